The van der Waals surface area contributed by atoms with Crippen molar-refractivity contribution in [3.8, 4) is 22.8 Å². The Hall–Kier alpha value is -2.58. The number of anilines is 1. The lowest BCUT2D eigenvalue weighted by Gasteiger charge is -2.06. The zero-order chi connectivity index (χ0) is 17.9. The lowest BCUT2D eigenvalue weighted by molar-refractivity contribution is 0.414. The first-order valence-corrected chi connectivity index (χ1v) is 9.65. The van der Waals surface area contributed by atoms with Gasteiger partial charge in [0.15, 0.2) is 5.13 Å². The van der Waals surface area contributed by atoms with Crippen molar-refractivity contribution in [1.82, 2.24) is 4.98 Å². The molecule has 0 amide bonds. The minimum Gasteiger partial charge on any atom is -0.497 e. The second-order valence-corrected chi connectivity index (χ2v) is 7.59. The molecule has 1 heterocycles. The summed E-state index contributed by atoms with van der Waals surface area (Å²) in [5.41, 5.74) is 1.53. The van der Waals surface area contributed by atoms with Crippen LogP contribution in [0, 0.1) is 0 Å². The van der Waals surface area contributed by atoms with Gasteiger partial charge in [-0.15, -0.1) is 11.3 Å². The van der Waals surface area contributed by atoms with Gasteiger partial charge in [0.2, 0.25) is 0 Å². The van der Waals surface area contributed by atoms with Crippen molar-refractivity contribution in [3.05, 3.63) is 53.9 Å². The summed E-state index contributed by atoms with van der Waals surface area (Å²) in [6.45, 7) is 0. The predicted octanol–water partition coefficient (Wildman–Crippen LogP) is 3.63. The molecule has 6 nitrogen and oxygen atoms in total. The molecule has 0 aliphatic heterocycles. The number of benzene rings is 2. The Bertz CT molecular complexity index is 966. The Labute approximate surface area is 150 Å². The summed E-state index contributed by atoms with van der Waals surface area (Å²) in [5, 5.41) is 2.09. The second kappa shape index (κ2) is 7.12. The normalized spacial score (nSPS) is 11.1. The minimum atomic E-state index is -3.70. The zero-order valence-corrected chi connectivity index (χ0v) is 15.2. The van der Waals surface area contributed by atoms with Gasteiger partial charge in [-0.3, -0.25) is 4.72 Å². The summed E-state index contributed by atoms with van der Waals surface area (Å²) >= 11 is 1.22. The van der Waals surface area contributed by atoms with Crippen molar-refractivity contribution < 1.29 is 17.9 Å². The Morgan fingerprint density at radius 2 is 1.72 bits per heavy atom. The van der Waals surface area contributed by atoms with E-state index in [1.54, 1.807) is 24.6 Å². The molecule has 1 aromatic heterocycles. The van der Waals surface area contributed by atoms with Gasteiger partial charge in [-0.05, 0) is 36.4 Å². The molecule has 0 fully saturated rings. The van der Waals surface area contributed by atoms with E-state index >= 15 is 0 Å². The maximum Gasteiger partial charge on any atom is 0.263 e. The molecule has 0 radical (unpaired) electrons. The minimum absolute atomic E-state index is 0.145. The Balaban J connectivity index is 1.82. The molecule has 0 aliphatic rings. The summed E-state index contributed by atoms with van der Waals surface area (Å²) in [4.78, 5) is 4.49. The van der Waals surface area contributed by atoms with E-state index in [1.165, 1.54) is 30.6 Å². The van der Waals surface area contributed by atoms with Crippen LogP contribution in [0.25, 0.3) is 11.3 Å². The lowest BCUT2D eigenvalue weighted by atomic mass is 10.2. The van der Waals surface area contributed by atoms with Gasteiger partial charge in [0.05, 0.1) is 24.8 Å². The first-order valence-electron chi connectivity index (χ1n) is 7.28. The zero-order valence-electron chi connectivity index (χ0n) is 13.6. The first-order chi connectivity index (χ1) is 12.0. The van der Waals surface area contributed by atoms with Crippen LogP contribution in [0.1, 0.15) is 0 Å². The number of rotatable bonds is 6. The molecule has 130 valence electrons. The SMILES string of the molecule is COc1ccc(S(=O)(=O)Nc2nc(-c3cccc(OC)c3)cs2)cc1. The maximum atomic E-state index is 12.4. The van der Waals surface area contributed by atoms with E-state index in [-0.39, 0.29) is 4.90 Å². The van der Waals surface area contributed by atoms with Crippen molar-refractivity contribution >= 4 is 26.5 Å². The summed E-state index contributed by atoms with van der Waals surface area (Å²) in [5.74, 6) is 1.30. The van der Waals surface area contributed by atoms with Crippen molar-refractivity contribution in [2.24, 2.45) is 0 Å². The van der Waals surface area contributed by atoms with Gasteiger partial charge >= 0.3 is 0 Å². The molecule has 0 spiro atoms. The van der Waals surface area contributed by atoms with E-state index in [0.717, 1.165) is 5.56 Å². The highest BCUT2D eigenvalue weighted by Gasteiger charge is 2.16. The number of nitrogens with one attached hydrogen (secondary N) is 1. The predicted molar refractivity (Wildman–Crippen MR) is 97.9 cm³/mol. The van der Waals surface area contributed by atoms with Crippen molar-refractivity contribution in [3.63, 3.8) is 0 Å². The number of hydrogen-bond donors (Lipinski definition) is 1. The van der Waals surface area contributed by atoms with E-state index < -0.39 is 10.0 Å². The molecule has 0 saturated carbocycles. The Kier molecular flexibility index (Phi) is 4.91. The third-order valence-corrected chi connectivity index (χ3v) is 5.70. The number of thiazole rings is 1. The molecule has 0 atom stereocenters. The number of nitrogens with zero attached hydrogens (tertiary/aromatic N) is 1. The highest BCUT2D eigenvalue weighted by molar-refractivity contribution is 7.93. The van der Waals surface area contributed by atoms with Gasteiger partial charge in [0, 0.05) is 10.9 Å². The molecular formula is C17H16N2O4S2. The van der Waals surface area contributed by atoms with Crippen LogP contribution in [0.15, 0.2) is 58.8 Å². The van der Waals surface area contributed by atoms with Gasteiger partial charge in [-0.2, -0.15) is 0 Å². The Morgan fingerprint density at radius 3 is 2.40 bits per heavy atom. The summed E-state index contributed by atoms with van der Waals surface area (Å²) in [7, 11) is -0.585. The first kappa shape index (κ1) is 17.2. The van der Waals surface area contributed by atoms with Crippen LogP contribution in [0.3, 0.4) is 0 Å². The highest BCUT2D eigenvalue weighted by Crippen LogP contribution is 2.28. The standard InChI is InChI=1S/C17H16N2O4S2/c1-22-13-6-8-15(9-7-13)25(20,21)19-17-18-16(11-24-17)12-4-3-5-14(10-12)23-2/h3-11H,1-2H3,(H,18,19). The van der Waals surface area contributed by atoms with E-state index in [1.807, 2.05) is 24.3 Å². The number of hydrogen-bond acceptors (Lipinski definition) is 6. The fourth-order valence-corrected chi connectivity index (χ4v) is 4.14. The van der Waals surface area contributed by atoms with E-state index in [9.17, 15) is 8.42 Å². The average Bonchev–Trinajstić information content (AvgIpc) is 3.09. The quantitative estimate of drug-likeness (QED) is 0.711. The third kappa shape index (κ3) is 3.92. The summed E-state index contributed by atoms with van der Waals surface area (Å²) in [6, 6.07) is 13.6. The van der Waals surface area contributed by atoms with Crippen LogP contribution >= 0.6 is 11.3 Å². The fraction of sp³-hybridized carbons (Fsp3) is 0.118. The fourth-order valence-electron chi connectivity index (χ4n) is 2.16. The topological polar surface area (TPSA) is 77.5 Å². The van der Waals surface area contributed by atoms with Crippen LogP contribution in [-0.2, 0) is 10.0 Å². The molecule has 0 unspecified atom stereocenters. The van der Waals surface area contributed by atoms with Crippen LogP contribution in [0.5, 0.6) is 11.5 Å². The molecule has 0 aliphatic carbocycles. The van der Waals surface area contributed by atoms with Crippen LogP contribution in [0.4, 0.5) is 5.13 Å². The van der Waals surface area contributed by atoms with Crippen molar-refractivity contribution in [1.29, 1.82) is 0 Å². The van der Waals surface area contributed by atoms with Gasteiger partial charge in [0.25, 0.3) is 10.0 Å². The smallest absolute Gasteiger partial charge is 0.263 e. The lowest BCUT2D eigenvalue weighted by Crippen LogP contribution is -2.12. The monoisotopic (exact) mass is 376 g/mol. The molecule has 0 bridgehead atoms. The van der Waals surface area contributed by atoms with Crippen LogP contribution in [-0.4, -0.2) is 27.6 Å². The van der Waals surface area contributed by atoms with Crippen molar-refractivity contribution in [2.75, 3.05) is 18.9 Å². The molecular weight excluding hydrogens is 360 g/mol. The van der Waals surface area contributed by atoms with Gasteiger partial charge in [-0.25, -0.2) is 13.4 Å². The van der Waals surface area contributed by atoms with Crippen LogP contribution in [0.2, 0.25) is 0 Å². The van der Waals surface area contributed by atoms with E-state index in [0.29, 0.717) is 22.3 Å². The second-order valence-electron chi connectivity index (χ2n) is 5.05. The molecule has 2 aromatic carbocycles. The average molecular weight is 376 g/mol. The van der Waals surface area contributed by atoms with E-state index in [4.69, 9.17) is 9.47 Å². The maximum absolute atomic E-state index is 12.4. The molecule has 0 saturated heterocycles. The molecule has 25 heavy (non-hydrogen) atoms. The summed E-state index contributed by atoms with van der Waals surface area (Å²) < 4.78 is 37.6. The molecule has 8 heteroatoms. The van der Waals surface area contributed by atoms with Crippen molar-refractivity contribution in [2.45, 2.75) is 4.90 Å². The number of aromatic nitrogens is 1. The number of sulfonamides is 1. The number of ether oxygens (including phenoxy) is 2. The van der Waals surface area contributed by atoms with Gasteiger partial charge in [0.1, 0.15) is 11.5 Å². The van der Waals surface area contributed by atoms with Crippen LogP contribution < -0.4 is 14.2 Å². The van der Waals surface area contributed by atoms with Gasteiger partial charge < -0.3 is 9.47 Å². The summed E-state index contributed by atoms with van der Waals surface area (Å²) in [6.07, 6.45) is 0. The largest absolute Gasteiger partial charge is 0.497 e. The third-order valence-electron chi connectivity index (χ3n) is 3.46. The molecule has 3 aromatic rings. The molecule has 3 rings (SSSR count). The Morgan fingerprint density at radius 1 is 1.00 bits per heavy atom. The number of methoxy groups -OCH3 is 2. The molecule has 1 N–H and O–H groups in total. The van der Waals surface area contributed by atoms with E-state index in [2.05, 4.69) is 9.71 Å². The van der Waals surface area contributed by atoms with Gasteiger partial charge in [-0.1, -0.05) is 12.1 Å². The highest BCUT2D eigenvalue weighted by atomic mass is 32.2.